The molecule has 0 radical (unpaired) electrons. The van der Waals surface area contributed by atoms with Gasteiger partial charge in [0.05, 0.1) is 11.4 Å². The van der Waals surface area contributed by atoms with E-state index in [1.54, 1.807) is 24.0 Å². The first-order valence-electron chi connectivity index (χ1n) is 9.52. The molecule has 154 valence electrons. The van der Waals surface area contributed by atoms with Gasteiger partial charge in [-0.2, -0.15) is 5.10 Å². The Morgan fingerprint density at radius 1 is 1.31 bits per heavy atom. The number of aromatic nitrogens is 2. The van der Waals surface area contributed by atoms with E-state index in [0.29, 0.717) is 23.5 Å². The van der Waals surface area contributed by atoms with Crippen LogP contribution in [-0.2, 0) is 14.3 Å². The number of ether oxygens (including phenoxy) is 1. The van der Waals surface area contributed by atoms with E-state index < -0.39 is 5.97 Å². The fourth-order valence-corrected chi connectivity index (χ4v) is 3.67. The Morgan fingerprint density at radius 2 is 2.03 bits per heavy atom. The van der Waals surface area contributed by atoms with Crippen LogP contribution in [0.4, 0.5) is 4.39 Å². The molecule has 8 heteroatoms. The Kier molecular flexibility index (Phi) is 6.69. The average Bonchev–Trinajstić information content (AvgIpc) is 2.99. The van der Waals surface area contributed by atoms with Gasteiger partial charge in [0.15, 0.2) is 6.61 Å². The molecule has 1 aromatic heterocycles. The molecule has 2 aromatic rings. The average molecular weight is 420 g/mol. The van der Waals surface area contributed by atoms with Gasteiger partial charge in [-0.1, -0.05) is 11.6 Å². The number of amides is 1. The molecule has 1 aromatic carbocycles. The highest BCUT2D eigenvalue weighted by Gasteiger charge is 2.23. The van der Waals surface area contributed by atoms with Crippen LogP contribution in [0.15, 0.2) is 30.3 Å². The van der Waals surface area contributed by atoms with Crippen LogP contribution in [0.1, 0.15) is 37.4 Å². The molecule has 0 aliphatic carbocycles. The number of aryl methyl sites for hydroxylation is 1. The van der Waals surface area contributed by atoms with Crippen molar-refractivity contribution in [3.8, 4) is 5.69 Å². The number of rotatable bonds is 5. The van der Waals surface area contributed by atoms with Crippen LogP contribution in [0.5, 0.6) is 0 Å². The lowest BCUT2D eigenvalue weighted by Crippen LogP contribution is -2.44. The van der Waals surface area contributed by atoms with E-state index in [4.69, 9.17) is 16.3 Å². The van der Waals surface area contributed by atoms with Crippen molar-refractivity contribution in [2.75, 3.05) is 13.2 Å². The zero-order valence-electron chi connectivity index (χ0n) is 16.4. The summed E-state index contributed by atoms with van der Waals surface area (Å²) in [4.78, 5) is 26.0. The quantitative estimate of drug-likeness (QED) is 0.544. The fraction of sp³-hybridized carbons (Fsp3) is 0.381. The molecule has 6 nitrogen and oxygen atoms in total. The van der Waals surface area contributed by atoms with Gasteiger partial charge < -0.3 is 9.64 Å². The topological polar surface area (TPSA) is 64.4 Å². The van der Waals surface area contributed by atoms with E-state index in [9.17, 15) is 14.0 Å². The van der Waals surface area contributed by atoms with E-state index in [2.05, 4.69) is 5.10 Å². The van der Waals surface area contributed by atoms with E-state index in [-0.39, 0.29) is 29.5 Å². The molecule has 1 aliphatic rings. The second-order valence-electron chi connectivity index (χ2n) is 7.05. The Balaban J connectivity index is 1.63. The van der Waals surface area contributed by atoms with E-state index in [1.807, 2.05) is 6.92 Å². The summed E-state index contributed by atoms with van der Waals surface area (Å²) in [5.74, 6) is -1.17. The van der Waals surface area contributed by atoms with Crippen molar-refractivity contribution in [1.82, 2.24) is 14.7 Å². The van der Waals surface area contributed by atoms with Crippen molar-refractivity contribution in [1.29, 1.82) is 0 Å². The van der Waals surface area contributed by atoms with Crippen LogP contribution < -0.4 is 0 Å². The summed E-state index contributed by atoms with van der Waals surface area (Å²) >= 11 is 6.38. The smallest absolute Gasteiger partial charge is 0.331 e. The second kappa shape index (κ2) is 9.22. The summed E-state index contributed by atoms with van der Waals surface area (Å²) in [6.45, 7) is 4.17. The van der Waals surface area contributed by atoms with E-state index in [1.165, 1.54) is 29.0 Å². The summed E-state index contributed by atoms with van der Waals surface area (Å²) in [6, 6.07) is 5.92. The largest absolute Gasteiger partial charge is 0.452 e. The molecule has 3 rings (SSSR count). The van der Waals surface area contributed by atoms with Crippen molar-refractivity contribution in [2.45, 2.75) is 39.2 Å². The number of carbonyl (C=O) groups excluding carboxylic acids is 2. The molecule has 0 N–H and O–H groups in total. The molecule has 0 unspecified atom stereocenters. The van der Waals surface area contributed by atoms with Crippen LogP contribution in [0.3, 0.4) is 0 Å². The second-order valence-corrected chi connectivity index (χ2v) is 7.41. The van der Waals surface area contributed by atoms with Gasteiger partial charge in [-0.3, -0.25) is 4.79 Å². The van der Waals surface area contributed by atoms with Gasteiger partial charge in [0, 0.05) is 24.2 Å². The maximum Gasteiger partial charge on any atom is 0.331 e. The maximum absolute atomic E-state index is 13.1. The molecular formula is C21H23ClFN3O3. The highest BCUT2D eigenvalue weighted by molar-refractivity contribution is 6.31. The summed E-state index contributed by atoms with van der Waals surface area (Å²) < 4.78 is 19.7. The lowest BCUT2D eigenvalue weighted by atomic mass is 10.0. The lowest BCUT2D eigenvalue weighted by Gasteiger charge is -2.33. The standard InChI is InChI=1S/C21H23ClFN3O3/c1-14-5-3-4-12-25(14)19(27)13-29-20(28)11-10-18-15(2)24-26(21(18)22)17-8-6-16(23)7-9-17/h6-11,14H,3-5,12-13H2,1-2H3/b11-10+/t14-/m0/s1. The Bertz CT molecular complexity index is 924. The van der Waals surface area contributed by atoms with Crippen LogP contribution in [0, 0.1) is 12.7 Å². The molecule has 29 heavy (non-hydrogen) atoms. The summed E-state index contributed by atoms with van der Waals surface area (Å²) in [5, 5.41) is 4.62. The first-order valence-corrected chi connectivity index (χ1v) is 9.90. The lowest BCUT2D eigenvalue weighted by molar-refractivity contribution is -0.149. The highest BCUT2D eigenvalue weighted by Crippen LogP contribution is 2.25. The molecule has 0 spiro atoms. The SMILES string of the molecule is Cc1nn(-c2ccc(F)cc2)c(Cl)c1/C=C/C(=O)OCC(=O)N1CCCC[C@@H]1C. The predicted octanol–water partition coefficient (Wildman–Crippen LogP) is 3.93. The van der Waals surface area contributed by atoms with Gasteiger partial charge in [0.2, 0.25) is 0 Å². The molecule has 0 bridgehead atoms. The minimum absolute atomic E-state index is 0.171. The monoisotopic (exact) mass is 419 g/mol. The van der Waals surface area contributed by atoms with Crippen LogP contribution in [0.25, 0.3) is 11.8 Å². The van der Waals surface area contributed by atoms with Crippen molar-refractivity contribution < 1.29 is 18.7 Å². The molecule has 0 saturated carbocycles. The van der Waals surface area contributed by atoms with Gasteiger partial charge in [-0.25, -0.2) is 13.9 Å². The van der Waals surface area contributed by atoms with Gasteiger partial charge in [0.1, 0.15) is 11.0 Å². The first kappa shape index (κ1) is 21.0. The number of nitrogens with zero attached hydrogens (tertiary/aromatic N) is 3. The summed E-state index contributed by atoms with van der Waals surface area (Å²) in [7, 11) is 0. The molecular weight excluding hydrogens is 397 g/mol. The zero-order valence-corrected chi connectivity index (χ0v) is 17.2. The predicted molar refractivity (Wildman–Crippen MR) is 108 cm³/mol. The maximum atomic E-state index is 13.1. The van der Waals surface area contributed by atoms with Crippen LogP contribution in [-0.4, -0.2) is 45.8 Å². The Hall–Kier alpha value is -2.67. The number of halogens is 2. The van der Waals surface area contributed by atoms with Crippen LogP contribution in [0.2, 0.25) is 5.15 Å². The number of carbonyl (C=O) groups is 2. The van der Waals surface area contributed by atoms with Gasteiger partial charge in [0.25, 0.3) is 5.91 Å². The summed E-state index contributed by atoms with van der Waals surface area (Å²) in [5.41, 5.74) is 1.74. The molecule has 2 heterocycles. The fourth-order valence-electron chi connectivity index (χ4n) is 3.34. The minimum Gasteiger partial charge on any atom is -0.452 e. The third kappa shape index (κ3) is 5.03. The molecule has 1 fully saturated rings. The van der Waals surface area contributed by atoms with Crippen molar-refractivity contribution in [3.63, 3.8) is 0 Å². The zero-order chi connectivity index (χ0) is 21.0. The first-order chi connectivity index (χ1) is 13.9. The van der Waals surface area contributed by atoms with Crippen molar-refractivity contribution in [3.05, 3.63) is 52.6 Å². The number of benzene rings is 1. The van der Waals surface area contributed by atoms with Crippen molar-refractivity contribution in [2.24, 2.45) is 0 Å². The van der Waals surface area contributed by atoms with Gasteiger partial charge in [-0.15, -0.1) is 0 Å². The Labute approximate surface area is 173 Å². The number of hydrogen-bond donors (Lipinski definition) is 0. The highest BCUT2D eigenvalue weighted by atomic mass is 35.5. The molecule has 1 saturated heterocycles. The third-order valence-electron chi connectivity index (χ3n) is 4.97. The van der Waals surface area contributed by atoms with E-state index in [0.717, 1.165) is 19.3 Å². The summed E-state index contributed by atoms with van der Waals surface area (Å²) in [6.07, 6.45) is 5.77. The van der Waals surface area contributed by atoms with Gasteiger partial charge in [-0.05, 0) is 63.5 Å². The van der Waals surface area contributed by atoms with Gasteiger partial charge >= 0.3 is 5.97 Å². The number of esters is 1. The molecule has 1 atom stereocenters. The normalized spacial score (nSPS) is 17.0. The van der Waals surface area contributed by atoms with E-state index >= 15 is 0 Å². The number of piperidine rings is 1. The molecule has 1 amide bonds. The number of likely N-dealkylation sites (tertiary alicyclic amines) is 1. The third-order valence-corrected chi connectivity index (χ3v) is 5.33. The number of hydrogen-bond acceptors (Lipinski definition) is 4. The van der Waals surface area contributed by atoms with Crippen molar-refractivity contribution >= 4 is 29.6 Å². The minimum atomic E-state index is -0.631. The van der Waals surface area contributed by atoms with Crippen LogP contribution >= 0.6 is 11.6 Å². The molecule has 1 aliphatic heterocycles. The Morgan fingerprint density at radius 3 is 2.72 bits per heavy atom.